The van der Waals surface area contributed by atoms with Crippen molar-refractivity contribution in [3.05, 3.63) is 35.4 Å². The number of aliphatic hydroxyl groups is 1. The summed E-state index contributed by atoms with van der Waals surface area (Å²) in [5.74, 6) is 0. The van der Waals surface area contributed by atoms with E-state index in [4.69, 9.17) is 0 Å². The van der Waals surface area contributed by atoms with E-state index >= 15 is 0 Å². The molecule has 0 heterocycles. The van der Waals surface area contributed by atoms with Gasteiger partial charge in [-0.2, -0.15) is 0 Å². The molecule has 1 aromatic carbocycles. The molecule has 0 bridgehead atoms. The third-order valence-electron chi connectivity index (χ3n) is 4.84. The highest BCUT2D eigenvalue weighted by Gasteiger charge is 2.42. The lowest BCUT2D eigenvalue weighted by molar-refractivity contribution is -0.00250. The van der Waals surface area contributed by atoms with Crippen LogP contribution in [0.3, 0.4) is 0 Å². The van der Waals surface area contributed by atoms with E-state index in [0.29, 0.717) is 0 Å². The molecule has 0 amide bonds. The summed E-state index contributed by atoms with van der Waals surface area (Å²) < 4.78 is 0. The van der Waals surface area contributed by atoms with Crippen LogP contribution in [0.4, 0.5) is 0 Å². The van der Waals surface area contributed by atoms with Crippen molar-refractivity contribution in [3.63, 3.8) is 0 Å². The Balaban J connectivity index is 2.08. The van der Waals surface area contributed by atoms with E-state index in [9.17, 15) is 5.11 Å². The third kappa shape index (κ3) is 3.01. The van der Waals surface area contributed by atoms with Gasteiger partial charge in [0.1, 0.15) is 0 Å². The molecular weight excluding hydrogens is 234 g/mol. The molecule has 106 valence electrons. The summed E-state index contributed by atoms with van der Waals surface area (Å²) in [6, 6.07) is 8.69. The van der Waals surface area contributed by atoms with Crippen LogP contribution in [0.5, 0.6) is 0 Å². The van der Waals surface area contributed by atoms with Crippen LogP contribution in [0, 0.1) is 0 Å². The van der Waals surface area contributed by atoms with Crippen molar-refractivity contribution in [1.29, 1.82) is 0 Å². The maximum Gasteiger partial charge on any atom is 0.0763 e. The Kier molecular flexibility index (Phi) is 4.64. The minimum atomic E-state index is -0.266. The van der Waals surface area contributed by atoms with Gasteiger partial charge < -0.3 is 10.0 Å². The predicted molar refractivity (Wildman–Crippen MR) is 80.4 cm³/mol. The van der Waals surface area contributed by atoms with Crippen LogP contribution in [-0.4, -0.2) is 35.7 Å². The van der Waals surface area contributed by atoms with Gasteiger partial charge in [-0.1, -0.05) is 44.0 Å². The summed E-state index contributed by atoms with van der Waals surface area (Å²) in [6.07, 6.45) is 6.29. The van der Waals surface area contributed by atoms with Gasteiger partial charge in [0.25, 0.3) is 0 Å². The second-order valence-corrected chi connectivity index (χ2v) is 6.10. The first-order valence-corrected chi connectivity index (χ1v) is 7.52. The fourth-order valence-corrected chi connectivity index (χ4v) is 3.39. The second-order valence-electron chi connectivity index (χ2n) is 6.10. The molecule has 1 saturated carbocycles. The lowest BCUT2D eigenvalue weighted by Gasteiger charge is -2.40. The van der Waals surface area contributed by atoms with Crippen LogP contribution in [0.2, 0.25) is 0 Å². The highest BCUT2D eigenvalue weighted by molar-refractivity contribution is 5.23. The maximum atomic E-state index is 10.7. The standard InChI is InChI=1S/C17H27NO/c1-4-14-7-9-15(10-8-14)13-16(19)17(18(2)3)11-5-6-12-17/h7-10,16,19H,4-6,11-13H2,1-3H3. The van der Waals surface area contributed by atoms with Gasteiger partial charge in [-0.25, -0.2) is 0 Å². The summed E-state index contributed by atoms with van der Waals surface area (Å²) in [5, 5.41) is 10.7. The molecule has 2 rings (SSSR count). The number of benzene rings is 1. The Morgan fingerprint density at radius 2 is 1.63 bits per heavy atom. The van der Waals surface area contributed by atoms with Crippen LogP contribution < -0.4 is 0 Å². The normalized spacial score (nSPS) is 19.8. The van der Waals surface area contributed by atoms with E-state index in [2.05, 4.69) is 50.2 Å². The lowest BCUT2D eigenvalue weighted by atomic mass is 9.85. The van der Waals surface area contributed by atoms with Gasteiger partial charge in [-0.15, -0.1) is 0 Å². The number of likely N-dealkylation sites (N-methyl/N-ethyl adjacent to an activating group) is 1. The quantitative estimate of drug-likeness (QED) is 0.880. The average molecular weight is 261 g/mol. The lowest BCUT2D eigenvalue weighted by Crippen LogP contribution is -2.52. The van der Waals surface area contributed by atoms with Gasteiger partial charge in [0.2, 0.25) is 0 Å². The van der Waals surface area contributed by atoms with E-state index in [1.807, 2.05) is 0 Å². The molecular formula is C17H27NO. The Bertz CT molecular complexity index is 390. The van der Waals surface area contributed by atoms with Crippen molar-refractivity contribution in [2.75, 3.05) is 14.1 Å². The molecule has 0 radical (unpaired) electrons. The van der Waals surface area contributed by atoms with Crippen LogP contribution in [0.1, 0.15) is 43.7 Å². The molecule has 0 spiro atoms. The van der Waals surface area contributed by atoms with Gasteiger partial charge in [-0.3, -0.25) is 0 Å². The number of hydrogen-bond donors (Lipinski definition) is 1. The molecule has 0 aliphatic heterocycles. The molecule has 0 aromatic heterocycles. The highest BCUT2D eigenvalue weighted by atomic mass is 16.3. The number of nitrogens with zero attached hydrogens (tertiary/aromatic N) is 1. The Morgan fingerprint density at radius 3 is 2.11 bits per heavy atom. The summed E-state index contributed by atoms with van der Waals surface area (Å²) >= 11 is 0. The Labute approximate surface area is 117 Å². The van der Waals surface area contributed by atoms with E-state index < -0.39 is 0 Å². The molecule has 1 aliphatic carbocycles. The topological polar surface area (TPSA) is 23.5 Å². The molecule has 1 atom stereocenters. The summed E-state index contributed by atoms with van der Waals surface area (Å²) in [4.78, 5) is 2.24. The Hall–Kier alpha value is -0.860. The van der Waals surface area contributed by atoms with Crippen molar-refractivity contribution < 1.29 is 5.11 Å². The largest absolute Gasteiger partial charge is 0.391 e. The summed E-state index contributed by atoms with van der Waals surface area (Å²) in [5.41, 5.74) is 2.60. The summed E-state index contributed by atoms with van der Waals surface area (Å²) in [6.45, 7) is 2.17. The van der Waals surface area contributed by atoms with Crippen molar-refractivity contribution in [2.24, 2.45) is 0 Å². The molecule has 2 heteroatoms. The smallest absolute Gasteiger partial charge is 0.0763 e. The number of rotatable bonds is 5. The first-order chi connectivity index (χ1) is 9.08. The number of aliphatic hydroxyl groups excluding tert-OH is 1. The summed E-state index contributed by atoms with van der Waals surface area (Å²) in [7, 11) is 4.21. The second kappa shape index (κ2) is 6.06. The van der Waals surface area contributed by atoms with Crippen LogP contribution in [-0.2, 0) is 12.8 Å². The fourth-order valence-electron chi connectivity index (χ4n) is 3.39. The minimum absolute atomic E-state index is 0.0105. The van der Waals surface area contributed by atoms with Crippen molar-refractivity contribution in [3.8, 4) is 0 Å². The van der Waals surface area contributed by atoms with Crippen LogP contribution in [0.15, 0.2) is 24.3 Å². The molecule has 19 heavy (non-hydrogen) atoms. The van der Waals surface area contributed by atoms with Gasteiger partial charge in [0.15, 0.2) is 0 Å². The van der Waals surface area contributed by atoms with Gasteiger partial charge in [0.05, 0.1) is 6.10 Å². The Morgan fingerprint density at radius 1 is 1.11 bits per heavy atom. The zero-order valence-electron chi connectivity index (χ0n) is 12.5. The minimum Gasteiger partial charge on any atom is -0.391 e. The van der Waals surface area contributed by atoms with Crippen molar-refractivity contribution >= 4 is 0 Å². The monoisotopic (exact) mass is 261 g/mol. The molecule has 1 N–H and O–H groups in total. The SMILES string of the molecule is CCc1ccc(CC(O)C2(N(C)C)CCCC2)cc1. The number of hydrogen-bond acceptors (Lipinski definition) is 2. The molecule has 0 saturated heterocycles. The highest BCUT2D eigenvalue weighted by Crippen LogP contribution is 2.37. The van der Waals surface area contributed by atoms with E-state index in [1.54, 1.807) is 0 Å². The van der Waals surface area contributed by atoms with Crippen molar-refractivity contribution in [2.45, 2.75) is 57.1 Å². The van der Waals surface area contributed by atoms with E-state index in [-0.39, 0.29) is 11.6 Å². The third-order valence-corrected chi connectivity index (χ3v) is 4.84. The average Bonchev–Trinajstić information content (AvgIpc) is 2.90. The fraction of sp³-hybridized carbons (Fsp3) is 0.647. The van der Waals surface area contributed by atoms with Crippen molar-refractivity contribution in [1.82, 2.24) is 4.90 Å². The molecule has 2 nitrogen and oxygen atoms in total. The predicted octanol–water partition coefficient (Wildman–Crippen LogP) is 3.03. The van der Waals surface area contributed by atoms with Gasteiger partial charge in [-0.05, 0) is 44.5 Å². The molecule has 1 fully saturated rings. The van der Waals surface area contributed by atoms with E-state index in [0.717, 1.165) is 25.7 Å². The zero-order chi connectivity index (χ0) is 13.9. The molecule has 1 aliphatic rings. The molecule has 1 unspecified atom stereocenters. The maximum absolute atomic E-state index is 10.7. The van der Waals surface area contributed by atoms with Crippen LogP contribution >= 0.6 is 0 Å². The van der Waals surface area contributed by atoms with E-state index in [1.165, 1.54) is 24.0 Å². The first-order valence-electron chi connectivity index (χ1n) is 7.52. The zero-order valence-corrected chi connectivity index (χ0v) is 12.5. The first kappa shape index (κ1) is 14.5. The van der Waals surface area contributed by atoms with Gasteiger partial charge in [0, 0.05) is 12.0 Å². The number of aryl methyl sites for hydroxylation is 1. The van der Waals surface area contributed by atoms with Gasteiger partial charge >= 0.3 is 0 Å². The van der Waals surface area contributed by atoms with Crippen LogP contribution in [0.25, 0.3) is 0 Å². The molecule has 1 aromatic rings.